The van der Waals surface area contributed by atoms with Crippen LogP contribution in [0.5, 0.6) is 5.75 Å². The number of carbonyl (C=O) groups is 1. The summed E-state index contributed by atoms with van der Waals surface area (Å²) in [5.41, 5.74) is 0.526. The van der Waals surface area contributed by atoms with Gasteiger partial charge in [-0.25, -0.2) is 13.6 Å². The predicted molar refractivity (Wildman–Crippen MR) is 74.2 cm³/mol. The summed E-state index contributed by atoms with van der Waals surface area (Å²) in [6.45, 7) is 4.55. The van der Waals surface area contributed by atoms with Crippen molar-refractivity contribution in [2.24, 2.45) is 0 Å². The number of nitrogens with zero attached hydrogens (tertiary/aromatic N) is 1. The summed E-state index contributed by atoms with van der Waals surface area (Å²) in [4.78, 5) is 12.8. The van der Waals surface area contributed by atoms with Gasteiger partial charge in [-0.3, -0.25) is 0 Å². The van der Waals surface area contributed by atoms with Crippen LogP contribution in [0, 0.1) is 11.6 Å². The standard InChI is InChI=1S/C14H19F2N3O2/c1-2-17-9-10-7-11(15)13(12(16)8-10)21-6-5-19-4-3-18-14(19)20/h7-8,17H,2-6,9H2,1H3,(H,18,20). The summed E-state index contributed by atoms with van der Waals surface area (Å²) < 4.78 is 32.8. The van der Waals surface area contributed by atoms with Crippen molar-refractivity contribution in [3.05, 3.63) is 29.3 Å². The maximum atomic E-state index is 13.8. The summed E-state index contributed by atoms with van der Waals surface area (Å²) in [5.74, 6) is -1.85. The lowest BCUT2D eigenvalue weighted by Crippen LogP contribution is -2.32. The van der Waals surface area contributed by atoms with Gasteiger partial charge in [0.25, 0.3) is 0 Å². The SMILES string of the molecule is CCNCc1cc(F)c(OCCN2CCNC2=O)c(F)c1. The minimum absolute atomic E-state index is 0.0494. The Labute approximate surface area is 122 Å². The van der Waals surface area contributed by atoms with Crippen LogP contribution in [-0.4, -0.2) is 43.7 Å². The van der Waals surface area contributed by atoms with Crippen LogP contribution in [0.2, 0.25) is 0 Å². The van der Waals surface area contributed by atoms with Crippen LogP contribution in [0.4, 0.5) is 13.6 Å². The Morgan fingerprint density at radius 3 is 2.67 bits per heavy atom. The van der Waals surface area contributed by atoms with E-state index in [0.29, 0.717) is 31.7 Å². The average Bonchev–Trinajstić information content (AvgIpc) is 2.85. The Hall–Kier alpha value is -1.89. The molecule has 1 aliphatic heterocycles. The third-order valence-electron chi connectivity index (χ3n) is 3.19. The molecule has 0 saturated carbocycles. The lowest BCUT2D eigenvalue weighted by Gasteiger charge is -2.15. The van der Waals surface area contributed by atoms with Crippen LogP contribution in [-0.2, 0) is 6.54 Å². The van der Waals surface area contributed by atoms with Gasteiger partial charge in [0, 0.05) is 19.6 Å². The number of ether oxygens (including phenoxy) is 1. The van der Waals surface area contributed by atoms with E-state index in [9.17, 15) is 13.6 Å². The number of halogens is 2. The molecule has 0 bridgehead atoms. The van der Waals surface area contributed by atoms with Crippen molar-refractivity contribution in [3.8, 4) is 5.75 Å². The van der Waals surface area contributed by atoms with Crippen LogP contribution in [0.1, 0.15) is 12.5 Å². The van der Waals surface area contributed by atoms with E-state index >= 15 is 0 Å². The number of hydrogen-bond donors (Lipinski definition) is 2. The molecule has 1 aromatic carbocycles. The fourth-order valence-corrected chi connectivity index (χ4v) is 2.10. The Morgan fingerprint density at radius 1 is 1.38 bits per heavy atom. The molecule has 0 aliphatic carbocycles. The van der Waals surface area contributed by atoms with E-state index in [2.05, 4.69) is 10.6 Å². The third-order valence-corrected chi connectivity index (χ3v) is 3.19. The van der Waals surface area contributed by atoms with Crippen LogP contribution >= 0.6 is 0 Å². The van der Waals surface area contributed by atoms with Crippen LogP contribution in [0.15, 0.2) is 12.1 Å². The van der Waals surface area contributed by atoms with Crippen molar-refractivity contribution >= 4 is 6.03 Å². The summed E-state index contributed by atoms with van der Waals surface area (Å²) in [6.07, 6.45) is 0. The number of hydrogen-bond acceptors (Lipinski definition) is 3. The molecule has 2 N–H and O–H groups in total. The number of amides is 2. The second-order valence-corrected chi connectivity index (χ2v) is 4.74. The zero-order valence-electron chi connectivity index (χ0n) is 11.9. The van der Waals surface area contributed by atoms with Gasteiger partial charge in [0.2, 0.25) is 0 Å². The van der Waals surface area contributed by atoms with Gasteiger partial charge in [-0.2, -0.15) is 0 Å². The normalized spacial score (nSPS) is 14.4. The minimum atomic E-state index is -0.728. The molecule has 5 nitrogen and oxygen atoms in total. The van der Waals surface area contributed by atoms with E-state index in [4.69, 9.17) is 4.74 Å². The van der Waals surface area contributed by atoms with Crippen molar-refractivity contribution in [1.29, 1.82) is 0 Å². The second-order valence-electron chi connectivity index (χ2n) is 4.74. The maximum absolute atomic E-state index is 13.8. The highest BCUT2D eigenvalue weighted by Crippen LogP contribution is 2.23. The van der Waals surface area contributed by atoms with Gasteiger partial charge in [-0.05, 0) is 24.2 Å². The molecule has 0 aromatic heterocycles. The molecule has 2 rings (SSSR count). The van der Waals surface area contributed by atoms with Gasteiger partial charge in [0.05, 0.1) is 6.54 Å². The molecule has 0 spiro atoms. The molecule has 2 amide bonds. The number of urea groups is 1. The Kier molecular flexibility index (Phi) is 5.32. The van der Waals surface area contributed by atoms with Crippen LogP contribution < -0.4 is 15.4 Å². The van der Waals surface area contributed by atoms with Gasteiger partial charge in [-0.15, -0.1) is 0 Å². The fraction of sp³-hybridized carbons (Fsp3) is 0.500. The van der Waals surface area contributed by atoms with E-state index < -0.39 is 17.4 Å². The lowest BCUT2D eigenvalue weighted by atomic mass is 10.2. The Morgan fingerprint density at radius 2 is 2.10 bits per heavy atom. The van der Waals surface area contributed by atoms with Gasteiger partial charge < -0.3 is 20.3 Å². The molecule has 0 unspecified atom stereocenters. The quantitative estimate of drug-likeness (QED) is 0.802. The highest BCUT2D eigenvalue weighted by Gasteiger charge is 2.19. The molecule has 1 fully saturated rings. The highest BCUT2D eigenvalue weighted by molar-refractivity contribution is 5.76. The molecular formula is C14H19F2N3O2. The van der Waals surface area contributed by atoms with Gasteiger partial charge in [-0.1, -0.05) is 6.92 Å². The zero-order valence-corrected chi connectivity index (χ0v) is 11.9. The number of rotatable bonds is 7. The molecule has 21 heavy (non-hydrogen) atoms. The number of carbonyl (C=O) groups excluding carboxylic acids is 1. The fourth-order valence-electron chi connectivity index (χ4n) is 2.10. The number of benzene rings is 1. The smallest absolute Gasteiger partial charge is 0.317 e. The van der Waals surface area contributed by atoms with Crippen molar-refractivity contribution in [2.45, 2.75) is 13.5 Å². The Bertz CT molecular complexity index is 488. The summed E-state index contributed by atoms with van der Waals surface area (Å²) in [5, 5.41) is 5.64. The first-order valence-electron chi connectivity index (χ1n) is 6.96. The first-order chi connectivity index (χ1) is 10.1. The molecule has 1 heterocycles. The van der Waals surface area contributed by atoms with E-state index in [1.54, 1.807) is 0 Å². The van der Waals surface area contributed by atoms with Crippen molar-refractivity contribution in [2.75, 3.05) is 32.8 Å². The molecule has 0 radical (unpaired) electrons. The molecule has 0 atom stereocenters. The summed E-state index contributed by atoms with van der Waals surface area (Å²) in [6, 6.07) is 2.33. The first-order valence-corrected chi connectivity index (χ1v) is 6.96. The predicted octanol–water partition coefficient (Wildman–Crippen LogP) is 1.48. The van der Waals surface area contributed by atoms with Crippen LogP contribution in [0.3, 0.4) is 0 Å². The molecule has 1 aromatic rings. The highest BCUT2D eigenvalue weighted by atomic mass is 19.1. The molecule has 1 saturated heterocycles. The largest absolute Gasteiger partial charge is 0.486 e. The van der Waals surface area contributed by atoms with Gasteiger partial charge in [0.1, 0.15) is 6.61 Å². The van der Waals surface area contributed by atoms with E-state index in [0.717, 1.165) is 6.54 Å². The zero-order chi connectivity index (χ0) is 15.2. The van der Waals surface area contributed by atoms with Crippen LogP contribution in [0.25, 0.3) is 0 Å². The van der Waals surface area contributed by atoms with Crippen molar-refractivity contribution < 1.29 is 18.3 Å². The van der Waals surface area contributed by atoms with Gasteiger partial charge in [0.15, 0.2) is 17.4 Å². The second kappa shape index (κ2) is 7.21. The van der Waals surface area contributed by atoms with Crippen molar-refractivity contribution in [1.82, 2.24) is 15.5 Å². The molecule has 1 aliphatic rings. The van der Waals surface area contributed by atoms with Gasteiger partial charge >= 0.3 is 6.03 Å². The minimum Gasteiger partial charge on any atom is -0.486 e. The molecular weight excluding hydrogens is 280 g/mol. The van der Waals surface area contributed by atoms with Crippen molar-refractivity contribution in [3.63, 3.8) is 0 Å². The monoisotopic (exact) mass is 299 g/mol. The number of nitrogens with one attached hydrogen (secondary N) is 2. The topological polar surface area (TPSA) is 53.6 Å². The third kappa shape index (κ3) is 4.04. The summed E-state index contributed by atoms with van der Waals surface area (Å²) >= 11 is 0. The average molecular weight is 299 g/mol. The summed E-state index contributed by atoms with van der Waals surface area (Å²) in [7, 11) is 0. The Balaban J connectivity index is 1.91. The lowest BCUT2D eigenvalue weighted by molar-refractivity contribution is 0.199. The molecule has 116 valence electrons. The van der Waals surface area contributed by atoms with E-state index in [1.165, 1.54) is 17.0 Å². The van der Waals surface area contributed by atoms with E-state index in [-0.39, 0.29) is 12.6 Å². The maximum Gasteiger partial charge on any atom is 0.317 e. The van der Waals surface area contributed by atoms with E-state index in [1.807, 2.05) is 6.92 Å². The molecule has 7 heteroatoms. The first kappa shape index (κ1) is 15.5.